The molecule has 0 aromatic heterocycles. The Balaban J connectivity index is 2.14. The number of rotatable bonds is 1. The summed E-state index contributed by atoms with van der Waals surface area (Å²) in [5.41, 5.74) is 0. The molecule has 1 saturated heterocycles. The molecule has 0 saturated carbocycles. The van der Waals surface area contributed by atoms with Crippen molar-refractivity contribution in [2.75, 3.05) is 13.1 Å². The monoisotopic (exact) mass is 99.1 g/mol. The molecule has 0 radical (unpaired) electrons. The van der Waals surface area contributed by atoms with Gasteiger partial charge in [0.15, 0.2) is 0 Å². The fourth-order valence-corrected chi connectivity index (χ4v) is 1.06. The average Bonchev–Trinajstić information content (AvgIpc) is 2.14. The Morgan fingerprint density at radius 3 is 2.86 bits per heavy atom. The SMILES string of the molecule is CC[C@H]1CCNC1. The third-order valence-electron chi connectivity index (χ3n) is 1.74. The van der Waals surface area contributed by atoms with Crippen LogP contribution in [0, 0.1) is 5.92 Å². The van der Waals surface area contributed by atoms with E-state index >= 15 is 0 Å². The minimum Gasteiger partial charge on any atom is -0.316 e. The van der Waals surface area contributed by atoms with Crippen LogP contribution in [0.4, 0.5) is 0 Å². The van der Waals surface area contributed by atoms with Gasteiger partial charge in [-0.25, -0.2) is 0 Å². The summed E-state index contributed by atoms with van der Waals surface area (Å²) in [5, 5.41) is 3.32. The van der Waals surface area contributed by atoms with Crippen LogP contribution in [0.5, 0.6) is 0 Å². The number of hydrogen-bond donors (Lipinski definition) is 1. The van der Waals surface area contributed by atoms with Gasteiger partial charge < -0.3 is 5.32 Å². The maximum Gasteiger partial charge on any atom is -0.00201 e. The normalized spacial score (nSPS) is 31.3. The van der Waals surface area contributed by atoms with Crippen molar-refractivity contribution in [3.63, 3.8) is 0 Å². The second kappa shape index (κ2) is 2.31. The van der Waals surface area contributed by atoms with Crippen LogP contribution in [0.25, 0.3) is 0 Å². The first-order valence-corrected chi connectivity index (χ1v) is 3.14. The van der Waals surface area contributed by atoms with Crippen LogP contribution in [0.3, 0.4) is 0 Å². The van der Waals surface area contributed by atoms with Gasteiger partial charge in [-0.05, 0) is 25.4 Å². The second-order valence-corrected chi connectivity index (χ2v) is 2.27. The quantitative estimate of drug-likeness (QED) is 0.517. The van der Waals surface area contributed by atoms with Gasteiger partial charge in [-0.3, -0.25) is 0 Å². The summed E-state index contributed by atoms with van der Waals surface area (Å²) >= 11 is 0. The lowest BCUT2D eigenvalue weighted by Gasteiger charge is -1.98. The molecule has 0 aromatic rings. The Labute approximate surface area is 45.1 Å². The highest BCUT2D eigenvalue weighted by molar-refractivity contribution is 4.68. The molecule has 42 valence electrons. The minimum atomic E-state index is 0.986. The fourth-order valence-electron chi connectivity index (χ4n) is 1.06. The summed E-state index contributed by atoms with van der Waals surface area (Å²) in [6.45, 7) is 4.77. The maximum absolute atomic E-state index is 3.32. The molecule has 0 aromatic carbocycles. The highest BCUT2D eigenvalue weighted by Crippen LogP contribution is 2.09. The molecule has 1 heteroatoms. The third kappa shape index (κ3) is 1.16. The number of hydrogen-bond acceptors (Lipinski definition) is 1. The predicted molar refractivity (Wildman–Crippen MR) is 31.3 cm³/mol. The largest absolute Gasteiger partial charge is 0.316 e. The Hall–Kier alpha value is -0.0400. The van der Waals surface area contributed by atoms with E-state index in [0.29, 0.717) is 0 Å². The molecule has 0 bridgehead atoms. The molecular formula is C6H13N. The molecule has 1 atom stereocenters. The Morgan fingerprint density at radius 1 is 1.71 bits per heavy atom. The van der Waals surface area contributed by atoms with Gasteiger partial charge in [0.1, 0.15) is 0 Å². The summed E-state index contributed by atoms with van der Waals surface area (Å²) in [6, 6.07) is 0. The van der Waals surface area contributed by atoms with Crippen molar-refractivity contribution in [3.8, 4) is 0 Å². The van der Waals surface area contributed by atoms with Crippen LogP contribution in [0.1, 0.15) is 19.8 Å². The first kappa shape index (κ1) is 5.10. The molecule has 0 unspecified atom stereocenters. The highest BCUT2D eigenvalue weighted by Gasteiger charge is 2.10. The molecule has 1 heterocycles. The first-order chi connectivity index (χ1) is 3.43. The summed E-state index contributed by atoms with van der Waals surface area (Å²) in [7, 11) is 0. The molecule has 0 aliphatic carbocycles. The standard InChI is InChI=1S/C6H13N/c1-2-6-3-4-7-5-6/h6-7H,2-5H2,1H3/t6-/m0/s1. The molecule has 1 nitrogen and oxygen atoms in total. The van der Waals surface area contributed by atoms with E-state index in [9.17, 15) is 0 Å². The lowest BCUT2D eigenvalue weighted by molar-refractivity contribution is 0.563. The summed E-state index contributed by atoms with van der Waals surface area (Å²) in [5.74, 6) is 0.986. The van der Waals surface area contributed by atoms with Gasteiger partial charge in [-0.2, -0.15) is 0 Å². The maximum atomic E-state index is 3.32. The van der Waals surface area contributed by atoms with Crippen LogP contribution in [0.15, 0.2) is 0 Å². The summed E-state index contributed by atoms with van der Waals surface area (Å²) in [6.07, 6.45) is 2.75. The third-order valence-corrected chi connectivity index (χ3v) is 1.74. The van der Waals surface area contributed by atoms with Crippen molar-refractivity contribution in [1.82, 2.24) is 5.32 Å². The zero-order valence-corrected chi connectivity index (χ0v) is 4.91. The average molecular weight is 99.2 g/mol. The van der Waals surface area contributed by atoms with E-state index in [1.54, 1.807) is 0 Å². The molecule has 0 amide bonds. The zero-order chi connectivity index (χ0) is 5.11. The van der Waals surface area contributed by atoms with Gasteiger partial charge in [0.05, 0.1) is 0 Å². The predicted octanol–water partition coefficient (Wildman–Crippen LogP) is 1.01. The van der Waals surface area contributed by atoms with E-state index in [-0.39, 0.29) is 0 Å². The van der Waals surface area contributed by atoms with Crippen molar-refractivity contribution in [2.45, 2.75) is 19.8 Å². The van der Waals surface area contributed by atoms with Crippen molar-refractivity contribution in [1.29, 1.82) is 0 Å². The van der Waals surface area contributed by atoms with Crippen LogP contribution in [0.2, 0.25) is 0 Å². The van der Waals surface area contributed by atoms with Gasteiger partial charge in [0, 0.05) is 0 Å². The topological polar surface area (TPSA) is 12.0 Å². The summed E-state index contributed by atoms with van der Waals surface area (Å²) in [4.78, 5) is 0. The lowest BCUT2D eigenvalue weighted by atomic mass is 10.1. The smallest absolute Gasteiger partial charge is 0.00201 e. The first-order valence-electron chi connectivity index (χ1n) is 3.14. The zero-order valence-electron chi connectivity index (χ0n) is 4.91. The summed E-state index contributed by atoms with van der Waals surface area (Å²) < 4.78 is 0. The minimum absolute atomic E-state index is 0.986. The van der Waals surface area contributed by atoms with Gasteiger partial charge in [0.2, 0.25) is 0 Å². The molecule has 1 rings (SSSR count). The molecule has 0 spiro atoms. The van der Waals surface area contributed by atoms with E-state index in [2.05, 4.69) is 12.2 Å². The van der Waals surface area contributed by atoms with Gasteiger partial charge in [-0.15, -0.1) is 0 Å². The molecule has 1 fully saturated rings. The van der Waals surface area contributed by atoms with Crippen molar-refractivity contribution < 1.29 is 0 Å². The Kier molecular flexibility index (Phi) is 1.69. The van der Waals surface area contributed by atoms with Crippen LogP contribution < -0.4 is 5.32 Å². The van der Waals surface area contributed by atoms with E-state index in [1.807, 2.05) is 0 Å². The lowest BCUT2D eigenvalue weighted by Crippen LogP contribution is -2.07. The van der Waals surface area contributed by atoms with Crippen LogP contribution >= 0.6 is 0 Å². The van der Waals surface area contributed by atoms with Gasteiger partial charge in [0.25, 0.3) is 0 Å². The van der Waals surface area contributed by atoms with Crippen LogP contribution in [-0.4, -0.2) is 13.1 Å². The fraction of sp³-hybridized carbons (Fsp3) is 1.00. The molecular weight excluding hydrogens is 86.1 g/mol. The Morgan fingerprint density at radius 2 is 2.57 bits per heavy atom. The molecule has 1 aliphatic rings. The van der Waals surface area contributed by atoms with E-state index in [0.717, 1.165) is 5.92 Å². The second-order valence-electron chi connectivity index (χ2n) is 2.27. The van der Waals surface area contributed by atoms with E-state index in [1.165, 1.54) is 25.9 Å². The van der Waals surface area contributed by atoms with E-state index in [4.69, 9.17) is 0 Å². The molecule has 7 heavy (non-hydrogen) atoms. The Bertz CT molecular complexity index is 46.1. The van der Waals surface area contributed by atoms with Gasteiger partial charge >= 0.3 is 0 Å². The van der Waals surface area contributed by atoms with Crippen molar-refractivity contribution in [2.24, 2.45) is 5.92 Å². The van der Waals surface area contributed by atoms with Crippen molar-refractivity contribution in [3.05, 3.63) is 0 Å². The molecule has 1 aliphatic heterocycles. The van der Waals surface area contributed by atoms with Gasteiger partial charge in [-0.1, -0.05) is 13.3 Å². The molecule has 1 N–H and O–H groups in total. The van der Waals surface area contributed by atoms with Crippen molar-refractivity contribution >= 4 is 0 Å². The number of nitrogens with one attached hydrogen (secondary N) is 1. The highest BCUT2D eigenvalue weighted by atomic mass is 14.9. The van der Waals surface area contributed by atoms with Crippen LogP contribution in [-0.2, 0) is 0 Å². The van der Waals surface area contributed by atoms with E-state index < -0.39 is 0 Å².